The van der Waals surface area contributed by atoms with Crippen molar-refractivity contribution in [3.63, 3.8) is 0 Å². The Hall–Kier alpha value is -1.44. The van der Waals surface area contributed by atoms with Gasteiger partial charge in [0.2, 0.25) is 0 Å². The van der Waals surface area contributed by atoms with E-state index >= 15 is 0 Å². The minimum Gasteiger partial charge on any atom is -0.294 e. The smallest absolute Gasteiger partial charge is 0.164 e. The molecule has 1 aliphatic rings. The lowest BCUT2D eigenvalue weighted by molar-refractivity contribution is -0.115. The Morgan fingerprint density at radius 3 is 2.53 bits per heavy atom. The van der Waals surface area contributed by atoms with Crippen molar-refractivity contribution in [1.29, 1.82) is 0 Å². The number of carbonyl (C=O) groups excluding carboxylic acids is 1. The van der Waals surface area contributed by atoms with Gasteiger partial charge in [0.1, 0.15) is 5.82 Å². The highest BCUT2D eigenvalue weighted by Gasteiger charge is 2.35. The zero-order valence-electron chi connectivity index (χ0n) is 10.7. The number of hydrogen-bond donors (Lipinski definition) is 0. The van der Waals surface area contributed by atoms with Crippen molar-refractivity contribution in [2.24, 2.45) is 0 Å². The van der Waals surface area contributed by atoms with Crippen LogP contribution in [0.1, 0.15) is 45.2 Å². The molecular weight excluding hydrogens is 215 g/mol. The average molecular weight is 232 g/mol. The molecule has 1 aromatic carbocycles. The van der Waals surface area contributed by atoms with Crippen LogP contribution in [0, 0.1) is 5.82 Å². The molecule has 0 N–H and O–H groups in total. The fourth-order valence-corrected chi connectivity index (χ4v) is 2.58. The zero-order valence-corrected chi connectivity index (χ0v) is 10.7. The first-order valence-corrected chi connectivity index (χ1v) is 5.84. The summed E-state index contributed by atoms with van der Waals surface area (Å²) < 4.78 is 13.4. The third kappa shape index (κ3) is 1.92. The number of allylic oxidation sites excluding steroid dienone is 2. The van der Waals surface area contributed by atoms with E-state index in [1.165, 1.54) is 6.07 Å². The van der Waals surface area contributed by atoms with Gasteiger partial charge in [0, 0.05) is 12.0 Å². The van der Waals surface area contributed by atoms with Gasteiger partial charge in [-0.25, -0.2) is 4.39 Å². The predicted octanol–water partition coefficient (Wildman–Crippen LogP) is 3.87. The van der Waals surface area contributed by atoms with Crippen molar-refractivity contribution in [2.45, 2.75) is 39.5 Å². The number of carbonyl (C=O) groups is 1. The number of halogens is 1. The molecule has 0 bridgehead atoms. The molecule has 0 amide bonds. The Kier molecular flexibility index (Phi) is 2.69. The molecule has 0 aliphatic heterocycles. The summed E-state index contributed by atoms with van der Waals surface area (Å²) in [5, 5.41) is 0. The van der Waals surface area contributed by atoms with Gasteiger partial charge in [0.25, 0.3) is 0 Å². The lowest BCUT2D eigenvalue weighted by atomic mass is 9.69. The average Bonchev–Trinajstić information content (AvgIpc) is 2.17. The predicted molar refractivity (Wildman–Crippen MR) is 67.3 cm³/mol. The Labute approximate surface area is 101 Å². The Morgan fingerprint density at radius 1 is 1.29 bits per heavy atom. The summed E-state index contributed by atoms with van der Waals surface area (Å²) in [7, 11) is 0. The van der Waals surface area contributed by atoms with Crippen molar-refractivity contribution in [2.75, 3.05) is 0 Å². The lowest BCUT2D eigenvalue weighted by Gasteiger charge is -2.33. The molecule has 0 radical (unpaired) electrons. The molecule has 2 rings (SSSR count). The molecule has 0 spiro atoms. The maximum atomic E-state index is 13.4. The molecule has 0 fully saturated rings. The molecule has 0 atom stereocenters. The van der Waals surface area contributed by atoms with Crippen LogP contribution in [-0.2, 0) is 10.2 Å². The van der Waals surface area contributed by atoms with Gasteiger partial charge in [-0.05, 0) is 42.5 Å². The number of Topliss-reactive ketones (excluding diaryl/α,β-unsaturated/α-hetero) is 1. The normalized spacial score (nSPS) is 17.9. The van der Waals surface area contributed by atoms with Gasteiger partial charge in [-0.2, -0.15) is 0 Å². The van der Waals surface area contributed by atoms with Gasteiger partial charge in [-0.15, -0.1) is 0 Å². The number of ketones is 1. The monoisotopic (exact) mass is 232 g/mol. The summed E-state index contributed by atoms with van der Waals surface area (Å²) >= 11 is 0. The van der Waals surface area contributed by atoms with Crippen molar-refractivity contribution in [3.8, 4) is 0 Å². The maximum Gasteiger partial charge on any atom is 0.164 e. The van der Waals surface area contributed by atoms with Crippen LogP contribution in [0.3, 0.4) is 0 Å². The minimum atomic E-state index is -0.284. The van der Waals surface area contributed by atoms with E-state index in [-0.39, 0.29) is 17.0 Å². The van der Waals surface area contributed by atoms with E-state index in [1.807, 2.05) is 27.7 Å². The fraction of sp³-hybridized carbons (Fsp3) is 0.400. The quantitative estimate of drug-likeness (QED) is 0.620. The van der Waals surface area contributed by atoms with Gasteiger partial charge < -0.3 is 0 Å². The van der Waals surface area contributed by atoms with Crippen LogP contribution >= 0.6 is 0 Å². The molecule has 0 aromatic heterocycles. The minimum absolute atomic E-state index is 0.161. The highest BCUT2D eigenvalue weighted by atomic mass is 19.1. The molecule has 1 aliphatic carbocycles. The van der Waals surface area contributed by atoms with E-state index in [0.717, 1.165) is 22.3 Å². The second kappa shape index (κ2) is 3.80. The van der Waals surface area contributed by atoms with E-state index in [1.54, 1.807) is 12.1 Å². The molecule has 0 saturated heterocycles. The van der Waals surface area contributed by atoms with E-state index < -0.39 is 0 Å². The van der Waals surface area contributed by atoms with Crippen LogP contribution in [-0.4, -0.2) is 5.78 Å². The van der Waals surface area contributed by atoms with Crippen LogP contribution in [0.5, 0.6) is 0 Å². The summed E-state index contributed by atoms with van der Waals surface area (Å²) in [6.07, 6.45) is 0.448. The zero-order chi connectivity index (χ0) is 12.8. The Morgan fingerprint density at radius 2 is 1.94 bits per heavy atom. The molecule has 1 aromatic rings. The number of benzene rings is 1. The molecule has 0 unspecified atom stereocenters. The van der Waals surface area contributed by atoms with E-state index in [9.17, 15) is 9.18 Å². The topological polar surface area (TPSA) is 17.1 Å². The van der Waals surface area contributed by atoms with E-state index in [2.05, 4.69) is 0 Å². The van der Waals surface area contributed by atoms with Gasteiger partial charge in [0.15, 0.2) is 5.78 Å². The number of rotatable bonds is 0. The second-order valence-electron chi connectivity index (χ2n) is 5.55. The van der Waals surface area contributed by atoms with Crippen LogP contribution in [0.25, 0.3) is 5.57 Å². The maximum absolute atomic E-state index is 13.4. The first-order valence-electron chi connectivity index (χ1n) is 5.84. The molecule has 90 valence electrons. The highest BCUT2D eigenvalue weighted by Crippen LogP contribution is 2.41. The SMILES string of the molecule is CC(C)=C1C(=O)CC(C)(C)c2cc(F)ccc21. The van der Waals surface area contributed by atoms with Crippen LogP contribution in [0.2, 0.25) is 0 Å². The second-order valence-corrected chi connectivity index (χ2v) is 5.55. The van der Waals surface area contributed by atoms with Crippen molar-refractivity contribution >= 4 is 11.4 Å². The molecule has 0 heterocycles. The third-order valence-corrected chi connectivity index (χ3v) is 3.36. The van der Waals surface area contributed by atoms with Crippen molar-refractivity contribution in [1.82, 2.24) is 0 Å². The third-order valence-electron chi connectivity index (χ3n) is 3.36. The van der Waals surface area contributed by atoms with E-state index in [0.29, 0.717) is 6.42 Å². The molecule has 17 heavy (non-hydrogen) atoms. The van der Waals surface area contributed by atoms with Crippen molar-refractivity contribution in [3.05, 3.63) is 40.7 Å². The Balaban J connectivity index is 2.77. The summed E-state index contributed by atoms with van der Waals surface area (Å²) in [6.45, 7) is 7.84. The lowest BCUT2D eigenvalue weighted by Crippen LogP contribution is -2.29. The van der Waals surface area contributed by atoms with Crippen LogP contribution in [0.4, 0.5) is 4.39 Å². The number of hydrogen-bond acceptors (Lipinski definition) is 1. The summed E-state index contributed by atoms with van der Waals surface area (Å²) in [5.41, 5.74) is 3.31. The molecule has 1 nitrogen and oxygen atoms in total. The van der Waals surface area contributed by atoms with Gasteiger partial charge in [-0.3, -0.25) is 4.79 Å². The highest BCUT2D eigenvalue weighted by molar-refractivity contribution is 6.23. The molecule has 2 heteroatoms. The largest absolute Gasteiger partial charge is 0.294 e. The Bertz CT molecular complexity index is 520. The van der Waals surface area contributed by atoms with Crippen molar-refractivity contribution < 1.29 is 9.18 Å². The summed E-state index contributed by atoms with van der Waals surface area (Å²) in [4.78, 5) is 12.1. The molecule has 0 saturated carbocycles. The van der Waals surface area contributed by atoms with Gasteiger partial charge in [0.05, 0.1) is 0 Å². The van der Waals surface area contributed by atoms with E-state index in [4.69, 9.17) is 0 Å². The standard InChI is InChI=1S/C15H17FO/c1-9(2)14-11-6-5-10(16)7-12(11)15(3,4)8-13(14)17/h5-7H,8H2,1-4H3. The first-order chi connectivity index (χ1) is 7.83. The van der Waals surface area contributed by atoms with Crippen LogP contribution in [0.15, 0.2) is 23.8 Å². The first kappa shape index (κ1) is 12.0. The van der Waals surface area contributed by atoms with Gasteiger partial charge >= 0.3 is 0 Å². The van der Waals surface area contributed by atoms with Crippen LogP contribution < -0.4 is 0 Å². The molecular formula is C15H17FO. The summed E-state index contributed by atoms with van der Waals surface area (Å²) in [5.74, 6) is -0.0756. The van der Waals surface area contributed by atoms with Gasteiger partial charge in [-0.1, -0.05) is 25.5 Å². The summed E-state index contributed by atoms with van der Waals surface area (Å²) in [6, 6.07) is 4.72. The fourth-order valence-electron chi connectivity index (χ4n) is 2.58. The number of fused-ring (bicyclic) bond motifs is 1.